The lowest BCUT2D eigenvalue weighted by Gasteiger charge is -2.23. The van der Waals surface area contributed by atoms with Gasteiger partial charge in [0, 0.05) is 12.1 Å². The Morgan fingerprint density at radius 2 is 1.56 bits per heavy atom. The number of hydrogen-bond donors (Lipinski definition) is 1. The minimum Gasteiger partial charge on any atom is -0.457 e. The van der Waals surface area contributed by atoms with Crippen LogP contribution in [0, 0.1) is 5.92 Å². The van der Waals surface area contributed by atoms with E-state index in [4.69, 9.17) is 4.74 Å². The highest BCUT2D eigenvalue weighted by atomic mass is 32.2. The van der Waals surface area contributed by atoms with E-state index in [0.717, 1.165) is 24.8 Å². The van der Waals surface area contributed by atoms with Crippen LogP contribution in [0.3, 0.4) is 0 Å². The molecule has 0 aliphatic rings. The molecule has 1 unspecified atom stereocenters. The third-order valence-electron chi connectivity index (χ3n) is 6.14. The van der Waals surface area contributed by atoms with E-state index in [1.54, 1.807) is 48.5 Å². The van der Waals surface area contributed by atoms with E-state index < -0.39 is 10.0 Å². The van der Waals surface area contributed by atoms with Crippen molar-refractivity contribution in [2.24, 2.45) is 5.92 Å². The third-order valence-corrected chi connectivity index (χ3v) is 7.28. The highest BCUT2D eigenvalue weighted by Crippen LogP contribution is 2.26. The fraction of sp³-hybridized carbons (Fsp3) is 0.345. The van der Waals surface area contributed by atoms with Crippen molar-refractivity contribution in [3.63, 3.8) is 0 Å². The predicted molar refractivity (Wildman–Crippen MR) is 146 cm³/mol. The van der Waals surface area contributed by atoms with Gasteiger partial charge in [-0.05, 0) is 66.4 Å². The monoisotopic (exact) mass is 508 g/mol. The fourth-order valence-corrected chi connectivity index (χ4v) is 4.80. The number of carbonyl (C=O) groups is 1. The standard InChI is InChI=1S/C29H36N2O4S/c1-4-6-10-23(5-2)21-30-29(32)25-15-13-24(14-16-25)22-31(36(3,33)34)26-17-19-28(20-18-26)35-27-11-8-7-9-12-27/h7-9,11-20,23H,4-6,10,21-22H2,1-3H3,(H,30,32). The molecule has 1 N–H and O–H groups in total. The molecule has 0 radical (unpaired) electrons. The summed E-state index contributed by atoms with van der Waals surface area (Å²) < 4.78 is 32.3. The van der Waals surface area contributed by atoms with Gasteiger partial charge in [0.25, 0.3) is 5.91 Å². The molecule has 3 aromatic carbocycles. The first kappa shape index (κ1) is 27.3. The Kier molecular flexibility index (Phi) is 9.94. The highest BCUT2D eigenvalue weighted by Gasteiger charge is 2.18. The van der Waals surface area contributed by atoms with E-state index >= 15 is 0 Å². The van der Waals surface area contributed by atoms with Crippen LogP contribution in [0.1, 0.15) is 55.5 Å². The number of anilines is 1. The summed E-state index contributed by atoms with van der Waals surface area (Å²) in [4.78, 5) is 12.6. The number of sulfonamides is 1. The largest absolute Gasteiger partial charge is 0.457 e. The van der Waals surface area contributed by atoms with Crippen molar-refractivity contribution in [2.75, 3.05) is 17.1 Å². The molecule has 192 valence electrons. The Hall–Kier alpha value is -3.32. The zero-order valence-electron chi connectivity index (χ0n) is 21.3. The third kappa shape index (κ3) is 8.12. The molecular weight excluding hydrogens is 472 g/mol. The maximum Gasteiger partial charge on any atom is 0.251 e. The fourth-order valence-electron chi connectivity index (χ4n) is 3.91. The number of amides is 1. The van der Waals surface area contributed by atoms with Gasteiger partial charge in [0.2, 0.25) is 10.0 Å². The van der Waals surface area contributed by atoms with E-state index in [-0.39, 0.29) is 12.5 Å². The molecule has 1 atom stereocenters. The van der Waals surface area contributed by atoms with Crippen molar-refractivity contribution in [1.82, 2.24) is 5.32 Å². The minimum absolute atomic E-state index is 0.106. The Morgan fingerprint density at radius 1 is 0.917 bits per heavy atom. The van der Waals surface area contributed by atoms with Crippen LogP contribution in [0.5, 0.6) is 11.5 Å². The predicted octanol–water partition coefficient (Wildman–Crippen LogP) is 6.39. The second kappa shape index (κ2) is 13.1. The molecular formula is C29H36N2O4S. The molecule has 1 amide bonds. The Labute approximate surface area is 215 Å². The number of unbranched alkanes of at least 4 members (excludes halogenated alkanes) is 1. The lowest BCUT2D eigenvalue weighted by molar-refractivity contribution is 0.0946. The van der Waals surface area contributed by atoms with Crippen molar-refractivity contribution >= 4 is 21.6 Å². The summed E-state index contributed by atoms with van der Waals surface area (Å²) in [6.45, 7) is 5.16. The number of hydrogen-bond acceptors (Lipinski definition) is 4. The molecule has 3 aromatic rings. The smallest absolute Gasteiger partial charge is 0.251 e. The summed E-state index contributed by atoms with van der Waals surface area (Å²) in [5, 5.41) is 3.03. The van der Waals surface area contributed by atoms with Crippen LogP contribution >= 0.6 is 0 Å². The molecule has 0 aromatic heterocycles. The summed E-state index contributed by atoms with van der Waals surface area (Å²) >= 11 is 0. The van der Waals surface area contributed by atoms with Crippen LogP contribution in [0.25, 0.3) is 0 Å². The molecule has 36 heavy (non-hydrogen) atoms. The number of benzene rings is 3. The van der Waals surface area contributed by atoms with Crippen molar-refractivity contribution in [3.05, 3.63) is 90.0 Å². The van der Waals surface area contributed by atoms with Gasteiger partial charge in [-0.15, -0.1) is 0 Å². The summed E-state index contributed by atoms with van der Waals surface area (Å²) in [6.07, 6.45) is 5.67. The van der Waals surface area contributed by atoms with Gasteiger partial charge in [0.05, 0.1) is 18.5 Å². The van der Waals surface area contributed by atoms with Crippen molar-refractivity contribution in [1.29, 1.82) is 0 Å². The maximum absolute atomic E-state index is 12.6. The van der Waals surface area contributed by atoms with E-state index in [9.17, 15) is 13.2 Å². The molecule has 0 saturated carbocycles. The zero-order chi connectivity index (χ0) is 26.0. The second-order valence-corrected chi connectivity index (χ2v) is 10.9. The summed E-state index contributed by atoms with van der Waals surface area (Å²) in [5.41, 5.74) is 1.89. The number of ether oxygens (including phenoxy) is 1. The average Bonchev–Trinajstić information content (AvgIpc) is 2.88. The summed E-state index contributed by atoms with van der Waals surface area (Å²) in [6, 6.07) is 23.4. The molecule has 0 aliphatic heterocycles. The molecule has 0 fully saturated rings. The van der Waals surface area contributed by atoms with Gasteiger partial charge in [-0.2, -0.15) is 0 Å². The topological polar surface area (TPSA) is 75.7 Å². The first-order chi connectivity index (χ1) is 17.3. The minimum atomic E-state index is -3.53. The van der Waals surface area contributed by atoms with Gasteiger partial charge in [-0.3, -0.25) is 9.10 Å². The normalized spacial score (nSPS) is 12.1. The van der Waals surface area contributed by atoms with Crippen LogP contribution in [0.4, 0.5) is 5.69 Å². The first-order valence-electron chi connectivity index (χ1n) is 12.5. The first-order valence-corrected chi connectivity index (χ1v) is 14.3. The Bertz CT molecular complexity index is 1190. The number of carbonyl (C=O) groups excluding carboxylic acids is 1. The SMILES string of the molecule is CCCCC(CC)CNC(=O)c1ccc(CN(c2ccc(Oc3ccccc3)cc2)S(C)(=O)=O)cc1. The second-order valence-electron chi connectivity index (χ2n) is 9.00. The zero-order valence-corrected chi connectivity index (χ0v) is 22.1. The number of nitrogens with zero attached hydrogens (tertiary/aromatic N) is 1. The lowest BCUT2D eigenvalue weighted by atomic mass is 9.99. The van der Waals surface area contributed by atoms with Crippen molar-refractivity contribution in [2.45, 2.75) is 46.1 Å². The van der Waals surface area contributed by atoms with Crippen molar-refractivity contribution in [3.8, 4) is 11.5 Å². The van der Waals surface area contributed by atoms with Gasteiger partial charge in [0.15, 0.2) is 0 Å². The van der Waals surface area contributed by atoms with E-state index in [1.807, 2.05) is 30.3 Å². The van der Waals surface area contributed by atoms with Gasteiger partial charge in [-0.1, -0.05) is 63.4 Å². The van der Waals surface area contributed by atoms with Crippen molar-refractivity contribution < 1.29 is 17.9 Å². The molecule has 7 heteroatoms. The quantitative estimate of drug-likeness (QED) is 0.290. The van der Waals surface area contributed by atoms with Crippen LogP contribution in [0.2, 0.25) is 0 Å². The van der Waals surface area contributed by atoms with Gasteiger partial charge in [0.1, 0.15) is 11.5 Å². The van der Waals surface area contributed by atoms with Gasteiger partial charge >= 0.3 is 0 Å². The molecule has 0 bridgehead atoms. The van der Waals surface area contributed by atoms with E-state index in [2.05, 4.69) is 19.2 Å². The van der Waals surface area contributed by atoms with E-state index in [0.29, 0.717) is 35.2 Å². The molecule has 0 heterocycles. The lowest BCUT2D eigenvalue weighted by Crippen LogP contribution is -2.30. The summed E-state index contributed by atoms with van der Waals surface area (Å²) in [7, 11) is -3.53. The maximum atomic E-state index is 12.6. The molecule has 0 saturated heterocycles. The number of nitrogens with one attached hydrogen (secondary N) is 1. The van der Waals surface area contributed by atoms with Gasteiger partial charge in [-0.25, -0.2) is 8.42 Å². The average molecular weight is 509 g/mol. The summed E-state index contributed by atoms with van der Waals surface area (Å²) in [5.74, 6) is 1.71. The molecule has 3 rings (SSSR count). The van der Waals surface area contributed by atoms with Crippen LogP contribution < -0.4 is 14.4 Å². The molecule has 0 spiro atoms. The van der Waals surface area contributed by atoms with Crippen LogP contribution in [-0.4, -0.2) is 27.1 Å². The Balaban J connectivity index is 1.65. The number of para-hydroxylation sites is 1. The van der Waals surface area contributed by atoms with Gasteiger partial charge < -0.3 is 10.1 Å². The highest BCUT2D eigenvalue weighted by molar-refractivity contribution is 7.92. The van der Waals surface area contributed by atoms with Crippen LogP contribution in [0.15, 0.2) is 78.9 Å². The molecule has 0 aliphatic carbocycles. The van der Waals surface area contributed by atoms with E-state index in [1.165, 1.54) is 17.0 Å². The van der Waals surface area contributed by atoms with Crippen LogP contribution in [-0.2, 0) is 16.6 Å². The molecule has 6 nitrogen and oxygen atoms in total. The number of rotatable bonds is 13. The Morgan fingerprint density at radius 3 is 2.14 bits per heavy atom.